The first-order valence-corrected chi connectivity index (χ1v) is 12.0. The third-order valence-corrected chi connectivity index (χ3v) is 6.72. The van der Waals surface area contributed by atoms with E-state index in [1.807, 2.05) is 0 Å². The largest absolute Gasteiger partial charge is 0.497 e. The molecule has 4 aromatic rings. The summed E-state index contributed by atoms with van der Waals surface area (Å²) in [6.45, 7) is 0. The maximum atomic E-state index is 12.8. The minimum Gasteiger partial charge on any atom is -0.497 e. The van der Waals surface area contributed by atoms with Gasteiger partial charge in [0.25, 0.3) is 5.91 Å². The van der Waals surface area contributed by atoms with Crippen molar-refractivity contribution >= 4 is 59.5 Å². The van der Waals surface area contributed by atoms with E-state index in [0.717, 1.165) is 23.7 Å². The minimum absolute atomic E-state index is 0.0181. The van der Waals surface area contributed by atoms with Crippen LogP contribution in [0, 0.1) is 11.3 Å². The lowest BCUT2D eigenvalue weighted by molar-refractivity contribution is -0.112. The van der Waals surface area contributed by atoms with E-state index < -0.39 is 21.2 Å². The van der Waals surface area contributed by atoms with Gasteiger partial charge in [0.1, 0.15) is 29.2 Å². The fourth-order valence-corrected chi connectivity index (χ4v) is 4.63. The summed E-state index contributed by atoms with van der Waals surface area (Å²) in [6.07, 6.45) is 3.41. The van der Waals surface area contributed by atoms with Gasteiger partial charge < -0.3 is 9.15 Å². The number of benzene rings is 2. The maximum Gasteiger partial charge on any atom is 0.268 e. The predicted octanol–water partition coefficient (Wildman–Crippen LogP) is 3.36. The van der Waals surface area contributed by atoms with Gasteiger partial charge >= 0.3 is 0 Å². The van der Waals surface area contributed by atoms with Crippen LogP contribution >= 0.6 is 11.3 Å². The van der Waals surface area contributed by atoms with Gasteiger partial charge in [0, 0.05) is 6.26 Å². The highest BCUT2D eigenvalue weighted by Gasteiger charge is 2.16. The van der Waals surface area contributed by atoms with Crippen molar-refractivity contribution in [2.45, 2.75) is 4.90 Å². The van der Waals surface area contributed by atoms with Crippen LogP contribution in [0.2, 0.25) is 0 Å². The number of hydrogen-bond acceptors (Lipinski definition) is 9. The summed E-state index contributed by atoms with van der Waals surface area (Å²) in [4.78, 5) is 29.8. The van der Waals surface area contributed by atoms with Crippen LogP contribution in [0.25, 0.3) is 27.3 Å². The molecule has 33 heavy (non-hydrogen) atoms. The number of nitriles is 1. The molecule has 166 valence electrons. The third kappa shape index (κ3) is 4.48. The zero-order valence-electron chi connectivity index (χ0n) is 17.3. The van der Waals surface area contributed by atoms with E-state index >= 15 is 0 Å². The Hall–Kier alpha value is -4.01. The number of hydrogen-bond donors (Lipinski definition) is 1. The Morgan fingerprint density at radius 3 is 2.76 bits per heavy atom. The van der Waals surface area contributed by atoms with Crippen molar-refractivity contribution in [2.75, 3.05) is 18.7 Å². The predicted molar refractivity (Wildman–Crippen MR) is 124 cm³/mol. The van der Waals surface area contributed by atoms with Gasteiger partial charge in [-0.3, -0.25) is 14.9 Å². The number of ether oxygens (including phenoxy) is 1. The number of rotatable bonds is 5. The topological polar surface area (TPSA) is 139 Å². The Kier molecular flexibility index (Phi) is 5.71. The van der Waals surface area contributed by atoms with Gasteiger partial charge in [0.2, 0.25) is 0 Å². The summed E-state index contributed by atoms with van der Waals surface area (Å²) in [5.74, 6) is -0.311. The van der Waals surface area contributed by atoms with Crippen molar-refractivity contribution in [2.24, 2.45) is 0 Å². The van der Waals surface area contributed by atoms with Gasteiger partial charge in [-0.15, -0.1) is 0 Å². The highest BCUT2D eigenvalue weighted by Crippen LogP contribution is 2.28. The fraction of sp³-hybridized carbons (Fsp3) is 0.0909. The van der Waals surface area contributed by atoms with Crippen molar-refractivity contribution in [1.82, 2.24) is 4.98 Å². The summed E-state index contributed by atoms with van der Waals surface area (Å²) in [5.41, 5.74) is 0.0901. The summed E-state index contributed by atoms with van der Waals surface area (Å²) in [6, 6.07) is 10.9. The van der Waals surface area contributed by atoms with Crippen LogP contribution in [-0.4, -0.2) is 32.7 Å². The highest BCUT2D eigenvalue weighted by molar-refractivity contribution is 7.90. The zero-order chi connectivity index (χ0) is 23.8. The fourth-order valence-electron chi connectivity index (χ4n) is 3.01. The summed E-state index contributed by atoms with van der Waals surface area (Å²) < 4.78 is 34.6. The Morgan fingerprint density at radius 1 is 1.27 bits per heavy atom. The Bertz CT molecular complexity index is 1660. The second-order valence-electron chi connectivity index (χ2n) is 6.93. The first-order chi connectivity index (χ1) is 15.7. The number of sulfone groups is 1. The first-order valence-electron chi connectivity index (χ1n) is 9.33. The second kappa shape index (κ2) is 8.50. The van der Waals surface area contributed by atoms with Crippen LogP contribution in [0.1, 0.15) is 5.56 Å². The standard InChI is InChI=1S/C22H15N3O6S2/c1-30-14-3-6-18-16(8-14)20(26)13(11-31-18)7-12(10-23)21(27)25-22-24-17-5-4-15(33(2,28)29)9-19(17)32-22/h3-9,11H,1-2H3,(H,24,25,27)/b12-7-. The molecule has 1 amide bonds. The number of fused-ring (bicyclic) bond motifs is 2. The van der Waals surface area contributed by atoms with E-state index in [9.17, 15) is 23.3 Å². The molecule has 0 spiro atoms. The molecule has 1 N–H and O–H groups in total. The average molecular weight is 482 g/mol. The number of methoxy groups -OCH3 is 1. The van der Waals surface area contributed by atoms with Gasteiger partial charge in [-0.2, -0.15) is 5.26 Å². The molecule has 0 bridgehead atoms. The molecule has 9 nitrogen and oxygen atoms in total. The number of nitrogens with zero attached hydrogens (tertiary/aromatic N) is 2. The van der Waals surface area contributed by atoms with Crippen molar-refractivity contribution in [3.63, 3.8) is 0 Å². The molecule has 11 heteroatoms. The number of carbonyl (C=O) groups is 1. The van der Waals surface area contributed by atoms with Crippen LogP contribution in [0.5, 0.6) is 5.75 Å². The minimum atomic E-state index is -3.39. The maximum absolute atomic E-state index is 12.8. The van der Waals surface area contributed by atoms with Gasteiger partial charge in [0.15, 0.2) is 20.4 Å². The van der Waals surface area contributed by atoms with E-state index in [0.29, 0.717) is 21.5 Å². The molecule has 0 aliphatic rings. The summed E-state index contributed by atoms with van der Waals surface area (Å²) in [5, 5.41) is 12.4. The SMILES string of the molecule is COc1ccc2occ(/C=C(/C#N)C(=O)Nc3nc4ccc(S(C)(=O)=O)cc4s3)c(=O)c2c1. The highest BCUT2D eigenvalue weighted by atomic mass is 32.2. The Morgan fingerprint density at radius 2 is 2.06 bits per heavy atom. The molecule has 4 rings (SSSR count). The van der Waals surface area contributed by atoms with E-state index in [2.05, 4.69) is 10.3 Å². The smallest absolute Gasteiger partial charge is 0.268 e. The number of amides is 1. The molecule has 0 aliphatic carbocycles. The molecule has 0 atom stereocenters. The van der Waals surface area contributed by atoms with Crippen LogP contribution in [0.15, 0.2) is 62.3 Å². The molecule has 0 fully saturated rings. The molecular formula is C22H15N3O6S2. The molecule has 2 heterocycles. The van der Waals surface area contributed by atoms with Gasteiger partial charge in [-0.05, 0) is 42.5 Å². The second-order valence-corrected chi connectivity index (χ2v) is 9.97. The quantitative estimate of drug-likeness (QED) is 0.338. The lowest BCUT2D eigenvalue weighted by atomic mass is 10.1. The van der Waals surface area contributed by atoms with Crippen molar-refractivity contribution in [3.8, 4) is 11.8 Å². The van der Waals surface area contributed by atoms with E-state index in [-0.39, 0.29) is 26.5 Å². The number of nitrogens with one attached hydrogen (secondary N) is 1. The Labute approximate surface area is 191 Å². The molecule has 2 aromatic carbocycles. The van der Waals surface area contributed by atoms with Gasteiger partial charge in [0.05, 0.1) is 33.2 Å². The van der Waals surface area contributed by atoms with Crippen LogP contribution < -0.4 is 15.5 Å². The molecule has 0 aliphatic heterocycles. The van der Waals surface area contributed by atoms with Crippen molar-refractivity contribution < 1.29 is 22.4 Å². The average Bonchev–Trinajstić information content (AvgIpc) is 3.19. The first kappa shape index (κ1) is 22.2. The Balaban J connectivity index is 1.65. The summed E-state index contributed by atoms with van der Waals surface area (Å²) in [7, 11) is -1.92. The molecule has 2 aromatic heterocycles. The van der Waals surface area contributed by atoms with Crippen molar-refractivity contribution in [1.29, 1.82) is 5.26 Å². The van der Waals surface area contributed by atoms with Crippen molar-refractivity contribution in [3.05, 3.63) is 64.0 Å². The zero-order valence-corrected chi connectivity index (χ0v) is 18.9. The molecule has 0 unspecified atom stereocenters. The molecule has 0 saturated carbocycles. The van der Waals surface area contributed by atoms with E-state index in [1.54, 1.807) is 18.2 Å². The van der Waals surface area contributed by atoms with Gasteiger partial charge in [-0.1, -0.05) is 11.3 Å². The monoisotopic (exact) mass is 481 g/mol. The lowest BCUT2D eigenvalue weighted by Gasteiger charge is -2.03. The molecular weight excluding hydrogens is 466 g/mol. The number of anilines is 1. The van der Waals surface area contributed by atoms with Crippen LogP contribution in [0.4, 0.5) is 5.13 Å². The summed E-state index contributed by atoms with van der Waals surface area (Å²) >= 11 is 1.06. The van der Waals surface area contributed by atoms with E-state index in [4.69, 9.17) is 9.15 Å². The molecule has 0 radical (unpaired) electrons. The van der Waals surface area contributed by atoms with Gasteiger partial charge in [-0.25, -0.2) is 13.4 Å². The molecule has 0 saturated heterocycles. The third-order valence-electron chi connectivity index (χ3n) is 4.68. The van der Waals surface area contributed by atoms with Crippen LogP contribution in [0.3, 0.4) is 0 Å². The van der Waals surface area contributed by atoms with E-state index in [1.165, 1.54) is 37.6 Å². The normalized spacial score (nSPS) is 12.0. The van der Waals surface area contributed by atoms with Crippen LogP contribution in [-0.2, 0) is 14.6 Å². The number of carbonyl (C=O) groups excluding carboxylic acids is 1. The number of aromatic nitrogens is 1. The number of thiazole rings is 1. The lowest BCUT2D eigenvalue weighted by Crippen LogP contribution is -2.14.